The lowest BCUT2D eigenvalue weighted by Crippen LogP contribution is -2.54. The molecular weight excluding hydrogens is 1100 g/mol. The summed E-state index contributed by atoms with van der Waals surface area (Å²) in [4.78, 5) is 91.7. The summed E-state index contributed by atoms with van der Waals surface area (Å²) in [5, 5.41) is 0. The third-order valence-corrected chi connectivity index (χ3v) is 37.9. The van der Waals surface area contributed by atoms with Crippen molar-refractivity contribution >= 4 is 34.7 Å². The van der Waals surface area contributed by atoms with Crippen LogP contribution in [-0.4, -0.2) is 34.7 Å². The average molecular weight is 1220 g/mol. The highest BCUT2D eigenvalue weighted by Crippen LogP contribution is 2.74. The van der Waals surface area contributed by atoms with E-state index in [1.54, 1.807) is 0 Å². The third-order valence-electron chi connectivity index (χ3n) is 37.9. The summed E-state index contributed by atoms with van der Waals surface area (Å²) in [6.07, 6.45) is 47.6. The molecule has 40 atom stereocenters. The average Bonchev–Trinajstić information content (AvgIpc) is 1.54. The maximum absolute atomic E-state index is 16.2. The summed E-state index contributed by atoms with van der Waals surface area (Å²) in [5.41, 5.74) is 0. The Kier molecular flexibility index (Phi) is 13.5. The van der Waals surface area contributed by atoms with Gasteiger partial charge in [-0.2, -0.15) is 0 Å². The zero-order chi connectivity index (χ0) is 59.4. The fourth-order valence-corrected chi connectivity index (χ4v) is 35.9. The highest BCUT2D eigenvalue weighted by atomic mass is 16.2. The molecule has 21 aliphatic carbocycles. The van der Waals surface area contributed by atoms with Gasteiger partial charge in [0.05, 0.1) is 0 Å². The fraction of sp³-hybridized carbons (Fsp3) is 0.929. The van der Waals surface area contributed by atoms with Crippen molar-refractivity contribution in [2.45, 2.75) is 244 Å². The van der Waals surface area contributed by atoms with Crippen molar-refractivity contribution in [1.29, 1.82) is 0 Å². The van der Waals surface area contributed by atoms with Crippen LogP contribution in [0.25, 0.3) is 0 Å². The lowest BCUT2D eigenvalue weighted by molar-refractivity contribution is -0.142. The predicted molar refractivity (Wildman–Crippen MR) is 345 cm³/mol. The molecule has 21 rings (SSSR count). The molecule has 21 fully saturated rings. The van der Waals surface area contributed by atoms with E-state index >= 15 is 24.0 Å². The topological polar surface area (TPSA) is 102 Å². The monoisotopic (exact) mass is 1220 g/mol. The van der Waals surface area contributed by atoms with Crippen LogP contribution in [0.2, 0.25) is 0 Å². The number of Topliss-reactive ketones (excluding diaryl/α,β-unsaturated/α-hetero) is 6. The Morgan fingerprint density at radius 3 is 1.27 bits per heavy atom. The smallest absolute Gasteiger partial charge is 0.140 e. The van der Waals surface area contributed by atoms with Crippen molar-refractivity contribution < 1.29 is 28.8 Å². The minimum atomic E-state index is 0.163. The molecule has 0 amide bonds. The number of ketones is 6. The van der Waals surface area contributed by atoms with Gasteiger partial charge in [0.2, 0.25) is 0 Å². The number of rotatable bonds is 2. The predicted octanol–water partition coefficient (Wildman–Crippen LogP) is 17.2. The molecule has 6 nitrogen and oxygen atoms in total. The highest BCUT2D eigenvalue weighted by molar-refractivity contribution is 5.93. The number of fused-ring (bicyclic) bond motifs is 34. The molecule has 21 aliphatic rings. The second-order valence-corrected chi connectivity index (χ2v) is 39.1. The van der Waals surface area contributed by atoms with Crippen molar-refractivity contribution in [2.75, 3.05) is 0 Å². The van der Waals surface area contributed by atoms with Crippen LogP contribution in [0.5, 0.6) is 0 Å². The maximum Gasteiger partial charge on any atom is 0.140 e. The molecule has 0 N–H and O–H groups in total. The van der Waals surface area contributed by atoms with E-state index in [0.717, 1.165) is 81.5 Å². The van der Waals surface area contributed by atoms with E-state index in [2.05, 4.69) is 0 Å². The Morgan fingerprint density at radius 2 is 0.544 bits per heavy atom. The van der Waals surface area contributed by atoms with Crippen molar-refractivity contribution in [2.24, 2.45) is 237 Å². The number of carbonyl (C=O) groups is 6. The lowest BCUT2D eigenvalue weighted by Gasteiger charge is -2.58. The summed E-state index contributed by atoms with van der Waals surface area (Å²) in [5.74, 6) is 23.1. The van der Waals surface area contributed by atoms with E-state index in [0.29, 0.717) is 189 Å². The molecule has 0 aromatic rings. The summed E-state index contributed by atoms with van der Waals surface area (Å²) >= 11 is 0. The van der Waals surface area contributed by atoms with Crippen molar-refractivity contribution in [3.05, 3.63) is 0 Å². The minimum absolute atomic E-state index is 0.163. The molecule has 488 valence electrons. The van der Waals surface area contributed by atoms with Gasteiger partial charge in [-0.3, -0.25) is 28.8 Å². The molecule has 0 aromatic heterocycles. The normalized spacial score (nSPS) is 60.7. The van der Waals surface area contributed by atoms with E-state index in [9.17, 15) is 4.79 Å². The summed E-state index contributed by atoms with van der Waals surface area (Å²) in [6.45, 7) is 0. The van der Waals surface area contributed by atoms with E-state index in [1.807, 2.05) is 0 Å². The van der Waals surface area contributed by atoms with E-state index in [-0.39, 0.29) is 59.2 Å². The molecule has 0 aromatic carbocycles. The van der Waals surface area contributed by atoms with Gasteiger partial charge in [0, 0.05) is 71.0 Å². The van der Waals surface area contributed by atoms with Crippen molar-refractivity contribution in [3.63, 3.8) is 0 Å². The van der Waals surface area contributed by atoms with Gasteiger partial charge in [0.25, 0.3) is 0 Å². The Hall–Kier alpha value is -1.98. The SMILES string of the molecule is O=C1C2CC(C3CCCC4C3C(=O)C3C5CCC6C(=O)C7CC(C8CCC9CCC%10CCC%11C(C(=O)C%12CCC%13C%14CCCCC%14C(=O)C%13C%12%11)C%10C9C8)CCC7C6C5C5CCCCC5C43)CCC2C2C1CCC1C(=O)C3C(CCC4CCC5CCCCC5C43)C12. The van der Waals surface area contributed by atoms with E-state index < -0.39 is 0 Å². The van der Waals surface area contributed by atoms with Gasteiger partial charge in [-0.15, -0.1) is 0 Å². The van der Waals surface area contributed by atoms with Crippen molar-refractivity contribution in [3.8, 4) is 0 Å². The quantitative estimate of drug-likeness (QED) is 0.273. The first-order valence-corrected chi connectivity index (χ1v) is 41.4. The van der Waals surface area contributed by atoms with Gasteiger partial charge in [0.1, 0.15) is 34.7 Å². The molecule has 90 heavy (non-hydrogen) atoms. The summed E-state index contributed by atoms with van der Waals surface area (Å²) in [7, 11) is 0. The fourth-order valence-electron chi connectivity index (χ4n) is 35.9. The molecule has 21 saturated carbocycles. The van der Waals surface area contributed by atoms with Crippen LogP contribution in [0.4, 0.5) is 0 Å². The molecule has 0 heterocycles. The number of carbonyl (C=O) groups excluding carboxylic acids is 6. The van der Waals surface area contributed by atoms with Gasteiger partial charge in [-0.1, -0.05) is 51.4 Å². The first-order valence-electron chi connectivity index (χ1n) is 41.4. The second kappa shape index (κ2) is 21.3. The van der Waals surface area contributed by atoms with Gasteiger partial charge < -0.3 is 0 Å². The van der Waals surface area contributed by atoms with Crippen LogP contribution in [0.15, 0.2) is 0 Å². The maximum atomic E-state index is 16.2. The zero-order valence-corrected chi connectivity index (χ0v) is 55.4. The number of hydrogen-bond acceptors (Lipinski definition) is 6. The third kappa shape index (κ3) is 7.76. The summed E-state index contributed by atoms with van der Waals surface area (Å²) in [6, 6.07) is 0. The number of hydrogen-bond donors (Lipinski definition) is 0. The Morgan fingerprint density at radius 1 is 0.156 bits per heavy atom. The van der Waals surface area contributed by atoms with Crippen LogP contribution in [-0.2, 0) is 28.8 Å². The standard InChI is InChI=1S/C84H116O6/c85-79-59-33-31-58-68(70(59)52-26-24-44(37-64(52)79)43-21-18-40-17-20-42-23-29-57-73-62(83(89)77(57)67(42)63(40)36-43)32-30-51-48-10-3-6-13-54(48)81(87)75(51)73)49-11-4-5-12-50(49)69-55-15-7-14-47(74(55)84(90)78(58)69)45-25-27-53-65(38-45)80(86)60-34-35-61-72(71(53)60)56-28-22-41-19-16-39-8-1-2-9-46(39)66(41)76(56)82(61)88/h39-78H,1-38H2. The molecule has 0 spiro atoms. The van der Waals surface area contributed by atoms with Crippen LogP contribution in [0, 0.1) is 237 Å². The molecule has 6 heteroatoms. The highest BCUT2D eigenvalue weighted by Gasteiger charge is 2.72. The first-order chi connectivity index (χ1) is 44.2. The molecular formula is C84H116O6. The van der Waals surface area contributed by atoms with Crippen molar-refractivity contribution in [1.82, 2.24) is 0 Å². The van der Waals surface area contributed by atoms with Crippen LogP contribution in [0.3, 0.4) is 0 Å². The second-order valence-electron chi connectivity index (χ2n) is 39.1. The molecule has 0 bridgehead atoms. The minimum Gasteiger partial charge on any atom is -0.299 e. The van der Waals surface area contributed by atoms with Gasteiger partial charge >= 0.3 is 0 Å². The van der Waals surface area contributed by atoms with Crippen LogP contribution < -0.4 is 0 Å². The van der Waals surface area contributed by atoms with Crippen LogP contribution in [0.1, 0.15) is 244 Å². The summed E-state index contributed by atoms with van der Waals surface area (Å²) < 4.78 is 0. The van der Waals surface area contributed by atoms with E-state index in [1.165, 1.54) is 186 Å². The zero-order valence-electron chi connectivity index (χ0n) is 55.4. The molecule has 40 unspecified atom stereocenters. The largest absolute Gasteiger partial charge is 0.299 e. The Balaban J connectivity index is 0.515. The first kappa shape index (κ1) is 57.1. The van der Waals surface area contributed by atoms with Gasteiger partial charge in [-0.05, 0) is 358 Å². The molecule has 0 radical (unpaired) electrons. The molecule has 0 saturated heterocycles. The molecule has 0 aliphatic heterocycles. The Bertz CT molecular complexity index is 2960. The van der Waals surface area contributed by atoms with Gasteiger partial charge in [0.15, 0.2) is 0 Å². The lowest BCUT2D eigenvalue weighted by atomic mass is 9.45. The van der Waals surface area contributed by atoms with E-state index in [4.69, 9.17) is 0 Å². The van der Waals surface area contributed by atoms with Crippen LogP contribution >= 0.6 is 0 Å². The van der Waals surface area contributed by atoms with Gasteiger partial charge in [-0.25, -0.2) is 0 Å². The Labute approximate surface area is 541 Å².